The van der Waals surface area contributed by atoms with E-state index in [1.54, 1.807) is 12.1 Å². The van der Waals surface area contributed by atoms with Crippen LogP contribution in [0.15, 0.2) is 48.7 Å². The minimum atomic E-state index is -1.18. The number of carboxylic acid groups (broad SMARTS) is 1. The van der Waals surface area contributed by atoms with E-state index in [2.05, 4.69) is 16.4 Å². The van der Waals surface area contributed by atoms with Crippen LogP contribution in [0.4, 0.5) is 0 Å². The van der Waals surface area contributed by atoms with Crippen molar-refractivity contribution >= 4 is 17.6 Å². The Bertz CT molecular complexity index is 929. The molecule has 0 bridgehead atoms. The van der Waals surface area contributed by atoms with Crippen LogP contribution in [-0.2, 0) is 0 Å². The molecule has 0 saturated heterocycles. The maximum absolute atomic E-state index is 11.2. The molecule has 112 valence electrons. The Hall–Kier alpha value is -3.17. The summed E-state index contributed by atoms with van der Waals surface area (Å²) in [4.78, 5) is 11.2. The molecule has 0 aliphatic rings. The number of halogens is 1. The normalized spacial score (nSPS) is 10.3. The predicted octanol–water partition coefficient (Wildman–Crippen LogP) is 3.16. The highest BCUT2D eigenvalue weighted by atomic mass is 35.5. The molecule has 0 aliphatic heterocycles. The van der Waals surface area contributed by atoms with Gasteiger partial charge in [0.05, 0.1) is 22.5 Å². The van der Waals surface area contributed by atoms with Gasteiger partial charge in [0.15, 0.2) is 5.69 Å². The molecule has 0 saturated carbocycles. The molecule has 0 unspecified atom stereocenters. The number of aromatic nitrogens is 3. The number of rotatable bonds is 3. The van der Waals surface area contributed by atoms with Crippen LogP contribution in [0.2, 0.25) is 5.02 Å². The van der Waals surface area contributed by atoms with Gasteiger partial charge in [-0.25, -0.2) is 9.48 Å². The lowest BCUT2D eigenvalue weighted by atomic mass is 9.99. The first-order valence-electron chi connectivity index (χ1n) is 6.56. The van der Waals surface area contributed by atoms with Crippen LogP contribution in [0.1, 0.15) is 16.1 Å². The van der Waals surface area contributed by atoms with Gasteiger partial charge >= 0.3 is 5.97 Å². The molecule has 0 fully saturated rings. The molecule has 6 nitrogen and oxygen atoms in total. The molecule has 2 aromatic carbocycles. The van der Waals surface area contributed by atoms with Gasteiger partial charge in [-0.15, -0.1) is 5.10 Å². The number of benzene rings is 2. The highest BCUT2D eigenvalue weighted by molar-refractivity contribution is 6.34. The van der Waals surface area contributed by atoms with Crippen molar-refractivity contribution in [2.24, 2.45) is 0 Å². The Morgan fingerprint density at radius 3 is 2.61 bits per heavy atom. The Labute approximate surface area is 136 Å². The van der Waals surface area contributed by atoms with Crippen LogP contribution in [0.25, 0.3) is 16.8 Å². The fourth-order valence-electron chi connectivity index (χ4n) is 2.26. The summed E-state index contributed by atoms with van der Waals surface area (Å²) in [6, 6.07) is 14.7. The van der Waals surface area contributed by atoms with Crippen LogP contribution < -0.4 is 0 Å². The first-order chi connectivity index (χ1) is 11.1. The minimum Gasteiger partial charge on any atom is -0.476 e. The van der Waals surface area contributed by atoms with E-state index in [0.717, 1.165) is 16.4 Å². The Balaban J connectivity index is 2.22. The van der Waals surface area contributed by atoms with Crippen LogP contribution in [-0.4, -0.2) is 26.1 Å². The van der Waals surface area contributed by atoms with Gasteiger partial charge < -0.3 is 5.11 Å². The van der Waals surface area contributed by atoms with Gasteiger partial charge in [-0.05, 0) is 11.6 Å². The molecular formula is C16H9ClN4O2. The van der Waals surface area contributed by atoms with Gasteiger partial charge in [0.25, 0.3) is 0 Å². The van der Waals surface area contributed by atoms with Gasteiger partial charge in [0.2, 0.25) is 0 Å². The topological polar surface area (TPSA) is 91.8 Å². The Morgan fingerprint density at radius 2 is 1.96 bits per heavy atom. The number of carbonyl (C=O) groups is 1. The number of aromatic carboxylic acids is 1. The molecular weight excluding hydrogens is 316 g/mol. The van der Waals surface area contributed by atoms with Crippen molar-refractivity contribution in [3.05, 3.63) is 64.9 Å². The maximum Gasteiger partial charge on any atom is 0.356 e. The molecule has 1 aromatic heterocycles. The second-order valence-corrected chi connectivity index (χ2v) is 5.01. The molecule has 0 aliphatic carbocycles. The van der Waals surface area contributed by atoms with E-state index >= 15 is 0 Å². The van der Waals surface area contributed by atoms with Gasteiger partial charge in [-0.2, -0.15) is 5.26 Å². The van der Waals surface area contributed by atoms with Crippen molar-refractivity contribution in [3.63, 3.8) is 0 Å². The average Bonchev–Trinajstić information content (AvgIpc) is 3.05. The lowest BCUT2D eigenvalue weighted by molar-refractivity contribution is 0.0687. The first kappa shape index (κ1) is 14.8. The molecule has 0 amide bonds. The zero-order chi connectivity index (χ0) is 16.4. The summed E-state index contributed by atoms with van der Waals surface area (Å²) in [6.45, 7) is 0. The van der Waals surface area contributed by atoms with Crippen molar-refractivity contribution in [1.29, 1.82) is 5.26 Å². The third kappa shape index (κ3) is 2.54. The summed E-state index contributed by atoms with van der Waals surface area (Å²) < 4.78 is 1.10. The summed E-state index contributed by atoms with van der Waals surface area (Å²) in [5, 5.41) is 26.1. The summed E-state index contributed by atoms with van der Waals surface area (Å²) >= 11 is 6.33. The summed E-state index contributed by atoms with van der Waals surface area (Å²) in [5.41, 5.74) is 1.91. The van der Waals surface area contributed by atoms with E-state index in [1.807, 2.05) is 30.3 Å². The first-order valence-corrected chi connectivity index (χ1v) is 6.93. The molecule has 1 heterocycles. The smallest absolute Gasteiger partial charge is 0.356 e. The van der Waals surface area contributed by atoms with Gasteiger partial charge in [-0.1, -0.05) is 53.2 Å². The SMILES string of the molecule is N#Cc1c(-c2ccccc2)ccc(-n2nncc2C(=O)O)c1Cl. The fourth-order valence-corrected chi connectivity index (χ4v) is 2.54. The van der Waals surface area contributed by atoms with E-state index in [1.165, 1.54) is 0 Å². The van der Waals surface area contributed by atoms with Crippen molar-refractivity contribution in [1.82, 2.24) is 15.0 Å². The van der Waals surface area contributed by atoms with E-state index in [9.17, 15) is 10.1 Å². The van der Waals surface area contributed by atoms with Gasteiger partial charge in [0, 0.05) is 5.56 Å². The highest BCUT2D eigenvalue weighted by Gasteiger charge is 2.19. The van der Waals surface area contributed by atoms with E-state index in [4.69, 9.17) is 16.7 Å². The van der Waals surface area contributed by atoms with Crippen LogP contribution >= 0.6 is 11.6 Å². The van der Waals surface area contributed by atoms with Crippen molar-refractivity contribution in [2.75, 3.05) is 0 Å². The second kappa shape index (κ2) is 5.91. The van der Waals surface area contributed by atoms with Crippen molar-refractivity contribution in [3.8, 4) is 22.9 Å². The molecule has 23 heavy (non-hydrogen) atoms. The van der Waals surface area contributed by atoms with Crippen molar-refractivity contribution < 1.29 is 9.90 Å². The zero-order valence-corrected chi connectivity index (χ0v) is 12.4. The number of hydrogen-bond donors (Lipinski definition) is 1. The lowest BCUT2D eigenvalue weighted by Gasteiger charge is -2.11. The summed E-state index contributed by atoms with van der Waals surface area (Å²) in [6.07, 6.45) is 1.12. The van der Waals surface area contributed by atoms with Crippen molar-refractivity contribution in [2.45, 2.75) is 0 Å². The summed E-state index contributed by atoms with van der Waals surface area (Å²) in [7, 11) is 0. The largest absolute Gasteiger partial charge is 0.476 e. The maximum atomic E-state index is 11.2. The molecule has 3 aromatic rings. The Kier molecular flexibility index (Phi) is 3.79. The molecule has 0 radical (unpaired) electrons. The van der Waals surface area contributed by atoms with E-state index < -0.39 is 5.97 Å². The monoisotopic (exact) mass is 324 g/mol. The van der Waals surface area contributed by atoms with Gasteiger partial charge in [0.1, 0.15) is 6.07 Å². The Morgan fingerprint density at radius 1 is 1.22 bits per heavy atom. The van der Waals surface area contributed by atoms with E-state index in [0.29, 0.717) is 5.56 Å². The zero-order valence-electron chi connectivity index (χ0n) is 11.6. The molecule has 1 N–H and O–H groups in total. The average molecular weight is 325 g/mol. The van der Waals surface area contributed by atoms with Crippen LogP contribution in [0, 0.1) is 11.3 Å². The second-order valence-electron chi connectivity index (χ2n) is 4.64. The summed E-state index contributed by atoms with van der Waals surface area (Å²) in [5.74, 6) is -1.18. The molecule has 3 rings (SSSR count). The third-order valence-electron chi connectivity index (χ3n) is 3.31. The number of carboxylic acids is 1. The molecule has 0 atom stereocenters. The van der Waals surface area contributed by atoms with E-state index in [-0.39, 0.29) is 22.0 Å². The molecule has 0 spiro atoms. The van der Waals surface area contributed by atoms with Crippen LogP contribution in [0.3, 0.4) is 0 Å². The number of nitriles is 1. The third-order valence-corrected chi connectivity index (χ3v) is 3.70. The molecule has 7 heteroatoms. The van der Waals surface area contributed by atoms with Gasteiger partial charge in [-0.3, -0.25) is 0 Å². The predicted molar refractivity (Wildman–Crippen MR) is 83.5 cm³/mol. The fraction of sp³-hybridized carbons (Fsp3) is 0. The standard InChI is InChI=1S/C16H9ClN4O2/c17-15-12(8-18)11(10-4-2-1-3-5-10)6-7-13(15)21-14(16(22)23)9-19-20-21/h1-7,9H,(H,22,23). The number of hydrogen-bond acceptors (Lipinski definition) is 4. The quantitative estimate of drug-likeness (QED) is 0.799. The van der Waals surface area contributed by atoms with Crippen LogP contribution in [0.5, 0.6) is 0 Å². The lowest BCUT2D eigenvalue weighted by Crippen LogP contribution is -2.09. The highest BCUT2D eigenvalue weighted by Crippen LogP contribution is 2.33. The number of nitrogens with zero attached hydrogens (tertiary/aromatic N) is 4. The minimum absolute atomic E-state index is 0.127.